The summed E-state index contributed by atoms with van der Waals surface area (Å²) in [6, 6.07) is 54.8. The minimum absolute atomic E-state index is 0.373. The van der Waals surface area contributed by atoms with E-state index in [1.807, 2.05) is 6.07 Å². The molecule has 9 rings (SSSR count). The minimum atomic E-state index is -0.373. The summed E-state index contributed by atoms with van der Waals surface area (Å²) in [5.74, 6) is 0.840. The maximum atomic E-state index is 5.36. The molecule has 212 valence electrons. The van der Waals surface area contributed by atoms with Gasteiger partial charge < -0.3 is 5.32 Å². The molecule has 0 amide bonds. The SMILES string of the molecule is C1=C(c2ccccc2)NC(c2ccccc2)=N/C(c2ccc3c(c2)C2(c4ccccc4-c4ccccc42)c2ccccc2-3)=C\C1. The van der Waals surface area contributed by atoms with E-state index in [0.717, 1.165) is 40.3 Å². The molecule has 0 fully saturated rings. The molecule has 0 aromatic heterocycles. The summed E-state index contributed by atoms with van der Waals surface area (Å²) in [4.78, 5) is 5.36. The monoisotopic (exact) mass is 574 g/mol. The van der Waals surface area contributed by atoms with E-state index in [2.05, 4.69) is 163 Å². The van der Waals surface area contributed by atoms with Crippen molar-refractivity contribution in [2.24, 2.45) is 4.99 Å². The van der Waals surface area contributed by atoms with Crippen molar-refractivity contribution in [1.29, 1.82) is 0 Å². The fourth-order valence-electron chi connectivity index (χ4n) is 7.64. The van der Waals surface area contributed by atoms with Crippen molar-refractivity contribution in [3.63, 3.8) is 0 Å². The molecule has 0 saturated heterocycles. The van der Waals surface area contributed by atoms with Gasteiger partial charge >= 0.3 is 0 Å². The first-order valence-electron chi connectivity index (χ1n) is 15.6. The number of hydrogen-bond acceptors (Lipinski definition) is 2. The van der Waals surface area contributed by atoms with Crippen LogP contribution in [0.15, 0.2) is 169 Å². The predicted octanol–water partition coefficient (Wildman–Crippen LogP) is 9.85. The number of rotatable bonds is 3. The average Bonchev–Trinajstić information content (AvgIpc) is 3.56. The summed E-state index contributed by atoms with van der Waals surface area (Å²) in [6.45, 7) is 0. The number of nitrogens with one attached hydrogen (secondary N) is 1. The van der Waals surface area contributed by atoms with Gasteiger partial charge in [0, 0.05) is 16.8 Å². The van der Waals surface area contributed by atoms with Crippen LogP contribution in [-0.4, -0.2) is 5.84 Å². The molecule has 45 heavy (non-hydrogen) atoms. The molecule has 3 aliphatic rings. The van der Waals surface area contributed by atoms with Gasteiger partial charge in [0.25, 0.3) is 0 Å². The van der Waals surface area contributed by atoms with Gasteiger partial charge in [-0.15, -0.1) is 0 Å². The molecule has 0 unspecified atom stereocenters. The smallest absolute Gasteiger partial charge is 0.138 e. The van der Waals surface area contributed by atoms with Gasteiger partial charge in [-0.25, -0.2) is 4.99 Å². The Morgan fingerprint density at radius 2 is 0.956 bits per heavy atom. The van der Waals surface area contributed by atoms with Crippen LogP contribution in [0.1, 0.15) is 45.4 Å². The second kappa shape index (κ2) is 10.2. The molecule has 6 aromatic carbocycles. The average molecular weight is 575 g/mol. The lowest BCUT2D eigenvalue weighted by Gasteiger charge is -2.30. The van der Waals surface area contributed by atoms with Gasteiger partial charge in [0.2, 0.25) is 0 Å². The molecule has 1 aliphatic heterocycles. The maximum Gasteiger partial charge on any atom is 0.138 e. The molecule has 1 spiro atoms. The van der Waals surface area contributed by atoms with Crippen molar-refractivity contribution < 1.29 is 0 Å². The number of hydrogen-bond donors (Lipinski definition) is 1. The van der Waals surface area contributed by atoms with E-state index in [9.17, 15) is 0 Å². The Labute approximate surface area is 263 Å². The van der Waals surface area contributed by atoms with E-state index >= 15 is 0 Å². The van der Waals surface area contributed by atoms with E-state index in [4.69, 9.17) is 4.99 Å². The van der Waals surface area contributed by atoms with Crippen molar-refractivity contribution in [3.8, 4) is 22.3 Å². The van der Waals surface area contributed by atoms with Crippen molar-refractivity contribution in [2.45, 2.75) is 11.8 Å². The molecule has 2 nitrogen and oxygen atoms in total. The molecule has 0 saturated carbocycles. The molecule has 1 heterocycles. The summed E-state index contributed by atoms with van der Waals surface area (Å²) < 4.78 is 0. The second-order valence-corrected chi connectivity index (χ2v) is 11.9. The van der Waals surface area contributed by atoms with E-state index < -0.39 is 0 Å². The molecule has 1 N–H and O–H groups in total. The summed E-state index contributed by atoms with van der Waals surface area (Å²) in [5, 5.41) is 3.70. The number of allylic oxidation sites excluding steroid dienone is 2. The Morgan fingerprint density at radius 3 is 1.56 bits per heavy atom. The highest BCUT2D eigenvalue weighted by Gasteiger charge is 2.51. The van der Waals surface area contributed by atoms with E-state index in [1.54, 1.807) is 0 Å². The topological polar surface area (TPSA) is 24.4 Å². The summed E-state index contributed by atoms with van der Waals surface area (Å²) >= 11 is 0. The molecule has 6 aromatic rings. The van der Waals surface area contributed by atoms with E-state index in [-0.39, 0.29) is 5.41 Å². The molecule has 0 atom stereocenters. The van der Waals surface area contributed by atoms with Gasteiger partial charge in [0.15, 0.2) is 0 Å². The first-order chi connectivity index (χ1) is 22.3. The second-order valence-electron chi connectivity index (χ2n) is 11.9. The lowest BCUT2D eigenvalue weighted by atomic mass is 9.70. The zero-order valence-corrected chi connectivity index (χ0v) is 24.7. The first kappa shape index (κ1) is 25.7. The Bertz CT molecular complexity index is 2140. The number of amidine groups is 1. The molecule has 0 radical (unpaired) electrons. The zero-order valence-electron chi connectivity index (χ0n) is 24.7. The standard InChI is InChI=1S/C43H30N2/c1-3-14-29(15-4-1)40-24-13-25-41(45-42(44-40)30-16-5-2-6-17-30)31-26-27-35-34-20-9-12-23-38(34)43(39(35)28-31)36-21-10-7-18-32(36)33-19-8-11-22-37(33)43/h1-12,14-28H,13H2,(H,44,45)/b40-24?,41-25-. The van der Waals surface area contributed by atoms with E-state index in [1.165, 1.54) is 44.5 Å². The fraction of sp³-hybridized carbons (Fsp3) is 0.0465. The zero-order chi connectivity index (χ0) is 29.8. The van der Waals surface area contributed by atoms with Gasteiger partial charge in [-0.3, -0.25) is 0 Å². The highest BCUT2D eigenvalue weighted by Crippen LogP contribution is 2.62. The van der Waals surface area contributed by atoms with Crippen molar-refractivity contribution in [2.75, 3.05) is 0 Å². The highest BCUT2D eigenvalue weighted by molar-refractivity contribution is 6.06. The summed E-state index contributed by atoms with van der Waals surface area (Å²) in [5.41, 5.74) is 15.6. The van der Waals surface area contributed by atoms with Crippen LogP contribution < -0.4 is 5.32 Å². The van der Waals surface area contributed by atoms with Gasteiger partial charge in [0.1, 0.15) is 5.84 Å². The van der Waals surface area contributed by atoms with Crippen molar-refractivity contribution in [1.82, 2.24) is 5.32 Å². The first-order valence-corrected chi connectivity index (χ1v) is 15.6. The maximum absolute atomic E-state index is 5.36. The third kappa shape index (κ3) is 3.86. The Hall–Kier alpha value is -5.73. The molecular weight excluding hydrogens is 544 g/mol. The lowest BCUT2D eigenvalue weighted by Crippen LogP contribution is -2.26. The van der Waals surface area contributed by atoms with Crippen LogP contribution in [0.4, 0.5) is 0 Å². The predicted molar refractivity (Wildman–Crippen MR) is 186 cm³/mol. The Kier molecular flexibility index (Phi) is 5.82. The Morgan fingerprint density at radius 1 is 0.444 bits per heavy atom. The van der Waals surface area contributed by atoms with Gasteiger partial charge in [-0.2, -0.15) is 0 Å². The number of fused-ring (bicyclic) bond motifs is 10. The largest absolute Gasteiger partial charge is 0.339 e. The van der Waals surface area contributed by atoms with Crippen molar-refractivity contribution >= 4 is 17.2 Å². The third-order valence-corrected chi connectivity index (χ3v) is 9.54. The molecular formula is C43H30N2. The van der Waals surface area contributed by atoms with Crippen LogP contribution in [0.3, 0.4) is 0 Å². The van der Waals surface area contributed by atoms with Crippen LogP contribution in [-0.2, 0) is 5.41 Å². The number of aliphatic imine (C=N–C) groups is 1. The number of benzene rings is 6. The van der Waals surface area contributed by atoms with Gasteiger partial charge in [-0.1, -0.05) is 158 Å². The lowest BCUT2D eigenvalue weighted by molar-refractivity contribution is 0.793. The number of nitrogens with zero attached hydrogens (tertiary/aromatic N) is 1. The van der Waals surface area contributed by atoms with Crippen molar-refractivity contribution in [3.05, 3.63) is 203 Å². The summed E-state index contributed by atoms with van der Waals surface area (Å²) in [7, 11) is 0. The molecule has 2 aliphatic carbocycles. The normalized spacial score (nSPS) is 16.5. The van der Waals surface area contributed by atoms with Gasteiger partial charge in [-0.05, 0) is 62.6 Å². The quantitative estimate of drug-likeness (QED) is 0.223. The Balaban J connectivity index is 1.26. The highest BCUT2D eigenvalue weighted by atomic mass is 15.0. The van der Waals surface area contributed by atoms with Gasteiger partial charge in [0.05, 0.1) is 11.1 Å². The fourth-order valence-corrected chi connectivity index (χ4v) is 7.64. The van der Waals surface area contributed by atoms with E-state index in [0.29, 0.717) is 0 Å². The van der Waals surface area contributed by atoms with Crippen LogP contribution >= 0.6 is 0 Å². The molecule has 0 bridgehead atoms. The van der Waals surface area contributed by atoms with Crippen LogP contribution in [0.25, 0.3) is 33.6 Å². The minimum Gasteiger partial charge on any atom is -0.339 e. The summed E-state index contributed by atoms with van der Waals surface area (Å²) in [6.07, 6.45) is 5.30. The van der Waals surface area contributed by atoms with Crippen LogP contribution in [0.2, 0.25) is 0 Å². The van der Waals surface area contributed by atoms with Crippen LogP contribution in [0, 0.1) is 0 Å². The third-order valence-electron chi connectivity index (χ3n) is 9.54. The van der Waals surface area contributed by atoms with Crippen LogP contribution in [0.5, 0.6) is 0 Å². The molecule has 2 heteroatoms.